The minimum Gasteiger partial charge on any atom is -0.437 e. The molecular formula is C19H22N2O8. The van der Waals surface area contributed by atoms with E-state index in [2.05, 4.69) is 10.1 Å². The van der Waals surface area contributed by atoms with Gasteiger partial charge in [-0.2, -0.15) is 0 Å². The second-order valence-electron chi connectivity index (χ2n) is 6.43. The van der Waals surface area contributed by atoms with Gasteiger partial charge >= 0.3 is 12.3 Å². The Balaban J connectivity index is 2.62. The predicted molar refractivity (Wildman–Crippen MR) is 101 cm³/mol. The Hall–Kier alpha value is -3.56. The van der Waals surface area contributed by atoms with Crippen molar-refractivity contribution in [1.82, 2.24) is 5.32 Å². The van der Waals surface area contributed by atoms with E-state index in [0.717, 1.165) is 7.11 Å². The predicted octanol–water partition coefficient (Wildman–Crippen LogP) is 4.09. The molecule has 0 amide bonds. The van der Waals surface area contributed by atoms with E-state index in [0.29, 0.717) is 11.4 Å². The average Bonchev–Trinajstić information content (AvgIpc) is 2.64. The van der Waals surface area contributed by atoms with E-state index < -0.39 is 29.3 Å². The van der Waals surface area contributed by atoms with Crippen LogP contribution in [-0.4, -0.2) is 30.4 Å². The highest BCUT2D eigenvalue weighted by Gasteiger charge is 2.39. The number of allylic oxidation sites excluding steroid dienone is 2. The van der Waals surface area contributed by atoms with Crippen LogP contribution in [-0.2, 0) is 18.9 Å². The van der Waals surface area contributed by atoms with E-state index in [4.69, 9.17) is 14.2 Å². The van der Waals surface area contributed by atoms with Crippen LogP contribution in [0.15, 0.2) is 47.2 Å². The summed E-state index contributed by atoms with van der Waals surface area (Å²) >= 11 is 0. The van der Waals surface area contributed by atoms with E-state index >= 15 is 0 Å². The Bertz CT molecular complexity index is 888. The summed E-state index contributed by atoms with van der Waals surface area (Å²) in [6.07, 6.45) is -2.45. The number of carbonyl (C=O) groups is 2. The number of hydrogen-bond donors (Lipinski definition) is 1. The lowest BCUT2D eigenvalue weighted by atomic mass is 9.89. The molecule has 0 bridgehead atoms. The molecule has 1 aromatic rings. The Labute approximate surface area is 167 Å². The molecule has 1 aliphatic rings. The van der Waals surface area contributed by atoms with Gasteiger partial charge in [0.1, 0.15) is 17.4 Å². The normalized spacial score (nSPS) is 16.3. The highest BCUT2D eigenvalue weighted by molar-refractivity contribution is 5.66. The molecule has 0 saturated carbocycles. The summed E-state index contributed by atoms with van der Waals surface area (Å²) in [5.74, 6) is -1.05. The topological polar surface area (TPSA) is 126 Å². The van der Waals surface area contributed by atoms with Crippen molar-refractivity contribution in [2.45, 2.75) is 39.7 Å². The van der Waals surface area contributed by atoms with Gasteiger partial charge < -0.3 is 24.3 Å². The molecule has 156 valence electrons. The van der Waals surface area contributed by atoms with Gasteiger partial charge in [-0.25, -0.2) is 9.59 Å². The van der Waals surface area contributed by atoms with Gasteiger partial charge in [-0.05, 0) is 27.7 Å². The lowest BCUT2D eigenvalue weighted by molar-refractivity contribution is -0.385. The zero-order valence-electron chi connectivity index (χ0n) is 16.7. The molecule has 10 nitrogen and oxygen atoms in total. The maximum atomic E-state index is 12.1. The van der Waals surface area contributed by atoms with Gasteiger partial charge in [0.25, 0.3) is 5.69 Å². The number of methoxy groups -OCH3 is 1. The fourth-order valence-corrected chi connectivity index (χ4v) is 2.85. The number of para-hydroxylation sites is 1. The molecule has 1 atom stereocenters. The highest BCUT2D eigenvalue weighted by Crippen LogP contribution is 2.42. The summed E-state index contributed by atoms with van der Waals surface area (Å²) in [4.78, 5) is 34.9. The quantitative estimate of drug-likeness (QED) is 0.437. The van der Waals surface area contributed by atoms with E-state index in [1.165, 1.54) is 18.2 Å². The number of dihydropyridines is 1. The molecule has 0 saturated heterocycles. The number of benzene rings is 1. The smallest absolute Gasteiger partial charge is 0.437 e. The first-order valence-electron chi connectivity index (χ1n) is 8.71. The molecule has 0 aliphatic carbocycles. The second kappa shape index (κ2) is 9.09. The first kappa shape index (κ1) is 21.7. The van der Waals surface area contributed by atoms with E-state index in [9.17, 15) is 19.7 Å². The maximum absolute atomic E-state index is 12.1. The third kappa shape index (κ3) is 5.03. The number of nitro groups is 1. The minimum absolute atomic E-state index is 0.00379. The van der Waals surface area contributed by atoms with Gasteiger partial charge in [-0.3, -0.25) is 10.1 Å². The van der Waals surface area contributed by atoms with Crippen LogP contribution in [0, 0.1) is 10.1 Å². The van der Waals surface area contributed by atoms with Crippen molar-refractivity contribution in [3.8, 4) is 0 Å². The standard InChI is InChI=1S/C19H22N2O8/c1-10(2)27-19(23)29-17-12(4)20-11(3)16(28-18(22)26-5)15(17)13-8-6-7-9-14(13)21(24)25/h6-10,15,20H,1-5H3. The van der Waals surface area contributed by atoms with Crippen LogP contribution in [0.5, 0.6) is 0 Å². The molecule has 29 heavy (non-hydrogen) atoms. The van der Waals surface area contributed by atoms with Gasteiger partial charge in [-0.1, -0.05) is 18.2 Å². The van der Waals surface area contributed by atoms with Gasteiger partial charge in [0.2, 0.25) is 0 Å². The Morgan fingerprint density at radius 3 is 2.14 bits per heavy atom. The molecular weight excluding hydrogens is 384 g/mol. The number of hydrogen-bond acceptors (Lipinski definition) is 9. The van der Waals surface area contributed by atoms with Crippen molar-refractivity contribution in [3.05, 3.63) is 62.9 Å². The lowest BCUT2D eigenvalue weighted by Crippen LogP contribution is -2.29. The molecule has 10 heteroatoms. The number of nitro benzene ring substituents is 1. The Morgan fingerprint density at radius 1 is 1.07 bits per heavy atom. The zero-order valence-corrected chi connectivity index (χ0v) is 16.7. The van der Waals surface area contributed by atoms with Gasteiger partial charge in [-0.15, -0.1) is 0 Å². The molecule has 0 aromatic heterocycles. The zero-order chi connectivity index (χ0) is 21.7. The molecule has 1 aromatic carbocycles. The number of nitrogens with one attached hydrogen (secondary N) is 1. The van der Waals surface area contributed by atoms with Crippen molar-refractivity contribution in [2.24, 2.45) is 0 Å². The molecule has 0 spiro atoms. The van der Waals surface area contributed by atoms with Gasteiger partial charge in [0.05, 0.1) is 29.5 Å². The van der Waals surface area contributed by atoms with Crippen molar-refractivity contribution in [3.63, 3.8) is 0 Å². The van der Waals surface area contributed by atoms with Crippen molar-refractivity contribution >= 4 is 18.0 Å². The first-order valence-corrected chi connectivity index (χ1v) is 8.71. The summed E-state index contributed by atoms with van der Waals surface area (Å²) in [7, 11) is 1.13. The monoisotopic (exact) mass is 406 g/mol. The SMILES string of the molecule is COC(=O)OC1=C(C)NC(C)=C(OC(=O)OC(C)C)C1c1ccccc1[N+](=O)[O-]. The van der Waals surface area contributed by atoms with Crippen LogP contribution in [0.2, 0.25) is 0 Å². The van der Waals surface area contributed by atoms with Crippen LogP contribution in [0.1, 0.15) is 39.2 Å². The average molecular weight is 406 g/mol. The van der Waals surface area contributed by atoms with Crippen molar-refractivity contribution in [1.29, 1.82) is 0 Å². The fraction of sp³-hybridized carbons (Fsp3) is 0.368. The van der Waals surface area contributed by atoms with Crippen LogP contribution < -0.4 is 5.32 Å². The van der Waals surface area contributed by atoms with Gasteiger partial charge in [0, 0.05) is 11.6 Å². The second-order valence-corrected chi connectivity index (χ2v) is 6.43. The minimum atomic E-state index is -1.06. The molecule has 0 fully saturated rings. The van der Waals surface area contributed by atoms with E-state index in [1.54, 1.807) is 33.8 Å². The molecule has 2 rings (SSSR count). The summed E-state index contributed by atoms with van der Waals surface area (Å²) in [5.41, 5.74) is 0.748. The number of ether oxygens (including phenoxy) is 4. The van der Waals surface area contributed by atoms with Gasteiger partial charge in [0.15, 0.2) is 0 Å². The molecule has 1 aliphatic heterocycles. The summed E-state index contributed by atoms with van der Waals surface area (Å²) in [6.45, 7) is 6.54. The van der Waals surface area contributed by atoms with Crippen LogP contribution in [0.3, 0.4) is 0 Å². The lowest BCUT2D eigenvalue weighted by Gasteiger charge is -2.30. The summed E-state index contributed by atoms with van der Waals surface area (Å²) < 4.78 is 20.2. The third-order valence-electron chi connectivity index (χ3n) is 3.97. The maximum Gasteiger partial charge on any atom is 0.513 e. The summed E-state index contributed by atoms with van der Waals surface area (Å²) in [6, 6.07) is 5.90. The van der Waals surface area contributed by atoms with Crippen LogP contribution in [0.25, 0.3) is 0 Å². The largest absolute Gasteiger partial charge is 0.513 e. The third-order valence-corrected chi connectivity index (χ3v) is 3.97. The van der Waals surface area contributed by atoms with Crippen molar-refractivity contribution in [2.75, 3.05) is 7.11 Å². The fourth-order valence-electron chi connectivity index (χ4n) is 2.85. The Morgan fingerprint density at radius 2 is 1.62 bits per heavy atom. The molecule has 1 unspecified atom stereocenters. The van der Waals surface area contributed by atoms with E-state index in [-0.39, 0.29) is 22.8 Å². The first-order chi connectivity index (χ1) is 13.6. The highest BCUT2D eigenvalue weighted by atomic mass is 16.7. The van der Waals surface area contributed by atoms with Crippen molar-refractivity contribution < 1.29 is 33.5 Å². The number of rotatable bonds is 5. The number of nitrogens with zero attached hydrogens (tertiary/aromatic N) is 1. The molecule has 0 radical (unpaired) electrons. The molecule has 1 heterocycles. The van der Waals surface area contributed by atoms with Crippen LogP contribution >= 0.6 is 0 Å². The number of carbonyl (C=O) groups excluding carboxylic acids is 2. The Kier molecular flexibility index (Phi) is 6.81. The van der Waals surface area contributed by atoms with Crippen LogP contribution in [0.4, 0.5) is 15.3 Å². The molecule has 1 N–H and O–H groups in total. The summed E-state index contributed by atoms with van der Waals surface area (Å²) in [5, 5.41) is 14.5. The van der Waals surface area contributed by atoms with E-state index in [1.807, 2.05) is 0 Å².